The highest BCUT2D eigenvalue weighted by molar-refractivity contribution is 9.10. The van der Waals surface area contributed by atoms with Crippen molar-refractivity contribution < 1.29 is 1.41 Å². The van der Waals surface area contributed by atoms with Crippen molar-refractivity contribution >= 4 is 38.6 Å². The molecule has 2 heterocycles. The third-order valence-electron chi connectivity index (χ3n) is 1.41. The summed E-state index contributed by atoms with van der Waals surface area (Å²) >= 11 is 8.68. The maximum absolute atomic E-state index is 8.78. The predicted molar refractivity (Wildman–Crippen MR) is 49.1 cm³/mol. The van der Waals surface area contributed by atoms with Gasteiger partial charge in [-0.3, -0.25) is 5.09 Å². The minimum Gasteiger partial charge on any atom is -0.259 e. The first-order valence-corrected chi connectivity index (χ1v) is 4.31. The van der Waals surface area contributed by atoms with Crippen LogP contribution in [0.15, 0.2) is 4.60 Å². The number of aromatic nitrogens is 4. The number of rotatable bonds is 0. The minimum absolute atomic E-state index is 0.0741. The Morgan fingerprint density at radius 2 is 2.38 bits per heavy atom. The van der Waals surface area contributed by atoms with Crippen molar-refractivity contribution in [2.75, 3.05) is 0 Å². The van der Waals surface area contributed by atoms with Crippen molar-refractivity contribution in [3.05, 3.63) is 15.6 Å². The summed E-state index contributed by atoms with van der Waals surface area (Å²) < 4.78 is 7.73. The smallest absolute Gasteiger partial charge is 0.225 e. The average Bonchev–Trinajstić information content (AvgIpc) is 2.41. The average molecular weight is 259 g/mol. The van der Waals surface area contributed by atoms with Crippen LogP contribution in [0.5, 0.6) is 0 Å². The van der Waals surface area contributed by atoms with E-state index in [9.17, 15) is 0 Å². The second kappa shape index (κ2) is 2.94. The van der Waals surface area contributed by atoms with Gasteiger partial charge in [0, 0.05) is 0 Å². The maximum Gasteiger partial charge on any atom is 0.225 e. The molecular formula is C6HBrClN5. The fourth-order valence-electron chi connectivity index (χ4n) is 0.907. The number of nitriles is 1. The number of H-pyrrole nitrogens is 1. The Kier molecular flexibility index (Phi) is 1.64. The second-order valence-corrected chi connectivity index (χ2v) is 3.23. The quantitative estimate of drug-likeness (QED) is 0.730. The number of hydrogen-bond donors (Lipinski definition) is 1. The van der Waals surface area contributed by atoms with E-state index < -0.39 is 0 Å². The summed E-state index contributed by atoms with van der Waals surface area (Å²) in [4.78, 5) is 7.51. The van der Waals surface area contributed by atoms with Crippen molar-refractivity contribution in [2.24, 2.45) is 0 Å². The van der Waals surface area contributed by atoms with E-state index in [0.717, 1.165) is 5.09 Å². The molecule has 0 saturated carbocycles. The molecule has 0 fully saturated rings. The third kappa shape index (κ3) is 1.26. The topological polar surface area (TPSA) is 78.2 Å². The number of halogens is 2. The molecule has 0 atom stereocenters. The highest BCUT2D eigenvalue weighted by atomic mass is 79.9. The molecule has 0 radical (unpaired) electrons. The monoisotopic (exact) mass is 258 g/mol. The Bertz CT molecular complexity index is 559. The van der Waals surface area contributed by atoms with Crippen LogP contribution in [0, 0.1) is 11.3 Å². The first-order chi connectivity index (χ1) is 6.63. The van der Waals surface area contributed by atoms with E-state index in [0.29, 0.717) is 9.99 Å². The molecule has 0 aromatic carbocycles. The Morgan fingerprint density at radius 3 is 3.08 bits per heavy atom. The summed E-state index contributed by atoms with van der Waals surface area (Å²) in [6.07, 6.45) is 0. The van der Waals surface area contributed by atoms with Crippen molar-refractivity contribution in [1.82, 2.24) is 20.2 Å². The summed E-state index contributed by atoms with van der Waals surface area (Å²) in [6.45, 7) is 0. The molecule has 0 unspecified atom stereocenters. The van der Waals surface area contributed by atoms with Crippen LogP contribution in [0.3, 0.4) is 0 Å². The molecule has 64 valence electrons. The molecule has 5 nitrogen and oxygen atoms in total. The fraction of sp³-hybridized carbons (Fsp3) is 0. The van der Waals surface area contributed by atoms with Gasteiger partial charge in [-0.15, -0.1) is 0 Å². The van der Waals surface area contributed by atoms with Gasteiger partial charge < -0.3 is 0 Å². The van der Waals surface area contributed by atoms with Crippen LogP contribution in [0.2, 0.25) is 6.70 Å². The molecule has 0 saturated heterocycles. The van der Waals surface area contributed by atoms with E-state index in [1.54, 1.807) is 0 Å². The summed E-state index contributed by atoms with van der Waals surface area (Å²) in [6, 6.07) is 1.86. The highest BCUT2D eigenvalue weighted by Gasteiger charge is 2.11. The molecule has 13 heavy (non-hydrogen) atoms. The Balaban J connectivity index is 3.00. The highest BCUT2D eigenvalue weighted by Crippen LogP contribution is 2.22. The normalized spacial score (nSPS) is 11.3. The van der Waals surface area contributed by atoms with Crippen LogP contribution in [0.4, 0.5) is 0 Å². The lowest BCUT2D eigenvalue weighted by Crippen LogP contribution is -1.89. The van der Waals surface area contributed by atoms with Crippen LogP contribution in [0.25, 0.3) is 11.0 Å². The number of fused-ring (bicyclic) bond motifs is 1. The second-order valence-electron chi connectivity index (χ2n) is 2.14. The molecule has 0 aliphatic carbocycles. The summed E-state index contributed by atoms with van der Waals surface area (Å²) in [7, 11) is 0. The Hall–Kier alpha value is -1.19. The van der Waals surface area contributed by atoms with Crippen LogP contribution in [-0.4, -0.2) is 20.2 Å². The van der Waals surface area contributed by atoms with Crippen LogP contribution >= 0.6 is 27.5 Å². The zero-order chi connectivity index (χ0) is 10.3. The lowest BCUT2D eigenvalue weighted by atomic mass is 10.3. The molecule has 2 aromatic rings. The molecule has 2 aromatic heterocycles. The van der Waals surface area contributed by atoms with Crippen LogP contribution < -0.4 is 0 Å². The SMILES string of the molecule is [2H]n1nc(Br)c2c(C#N)nc(Cl)nc21. The standard InChI is InChI=1S/C6HBrClN5/c7-4-3-2(1-9)10-6(8)11-5(3)13-12-4/h(H,10,11,12,13)/i/hD. The molecule has 0 aliphatic rings. The van der Waals surface area contributed by atoms with E-state index in [-0.39, 0.29) is 16.6 Å². The molecular weight excluding hydrogens is 257 g/mol. The summed E-state index contributed by atoms with van der Waals surface area (Å²) in [5, 5.41) is 13.6. The lowest BCUT2D eigenvalue weighted by molar-refractivity contribution is 1.07. The molecule has 0 spiro atoms. The molecule has 0 aliphatic heterocycles. The van der Waals surface area contributed by atoms with Gasteiger partial charge in [-0.1, -0.05) is 0 Å². The van der Waals surface area contributed by atoms with E-state index in [4.69, 9.17) is 18.3 Å². The van der Waals surface area contributed by atoms with Gasteiger partial charge in [0.1, 0.15) is 10.7 Å². The molecule has 0 amide bonds. The number of nitrogens with one attached hydrogen (secondary N) is 1. The van der Waals surface area contributed by atoms with Gasteiger partial charge >= 0.3 is 0 Å². The fourth-order valence-corrected chi connectivity index (χ4v) is 1.52. The zero-order valence-electron chi connectivity index (χ0n) is 6.99. The number of hydrogen-bond acceptors (Lipinski definition) is 4. The van der Waals surface area contributed by atoms with Gasteiger partial charge in [-0.05, 0) is 27.5 Å². The van der Waals surface area contributed by atoms with Gasteiger partial charge in [0.05, 0.1) is 5.39 Å². The van der Waals surface area contributed by atoms with E-state index >= 15 is 0 Å². The van der Waals surface area contributed by atoms with E-state index in [2.05, 4.69) is 31.0 Å². The third-order valence-corrected chi connectivity index (χ3v) is 2.13. The van der Waals surface area contributed by atoms with Crippen LogP contribution in [-0.2, 0) is 0 Å². The Labute approximate surface area is 87.3 Å². The summed E-state index contributed by atoms with van der Waals surface area (Å²) in [5.41, 5.74) is 0.304. The number of aromatic amines is 1. The van der Waals surface area contributed by atoms with E-state index in [1.807, 2.05) is 6.07 Å². The van der Waals surface area contributed by atoms with Crippen molar-refractivity contribution in [3.63, 3.8) is 0 Å². The van der Waals surface area contributed by atoms with Gasteiger partial charge in [0.2, 0.25) is 5.28 Å². The minimum atomic E-state index is -0.0741. The maximum atomic E-state index is 8.78. The lowest BCUT2D eigenvalue weighted by Gasteiger charge is -1.92. The van der Waals surface area contributed by atoms with Crippen molar-refractivity contribution in [3.8, 4) is 6.07 Å². The number of nitrogens with zero attached hydrogens (tertiary/aromatic N) is 4. The molecule has 1 N–H and O–H groups in total. The molecule has 7 heteroatoms. The zero-order valence-corrected chi connectivity index (χ0v) is 8.33. The first-order valence-electron chi connectivity index (χ1n) is 3.59. The predicted octanol–water partition coefficient (Wildman–Crippen LogP) is 1.64. The van der Waals surface area contributed by atoms with Crippen LogP contribution in [0.1, 0.15) is 5.69 Å². The van der Waals surface area contributed by atoms with Crippen molar-refractivity contribution in [1.29, 1.82) is 5.26 Å². The summed E-state index contributed by atoms with van der Waals surface area (Å²) in [5.74, 6) is 0. The first kappa shape index (κ1) is 7.24. The van der Waals surface area contributed by atoms with Gasteiger partial charge in [0.15, 0.2) is 12.8 Å². The van der Waals surface area contributed by atoms with Gasteiger partial charge in [-0.25, -0.2) is 4.98 Å². The van der Waals surface area contributed by atoms with E-state index in [1.165, 1.54) is 0 Å². The van der Waals surface area contributed by atoms with Crippen molar-refractivity contribution in [2.45, 2.75) is 0 Å². The van der Waals surface area contributed by atoms with Gasteiger partial charge in [-0.2, -0.15) is 15.3 Å². The van der Waals surface area contributed by atoms with Gasteiger partial charge in [0.25, 0.3) is 0 Å². The molecule has 2 rings (SSSR count). The largest absolute Gasteiger partial charge is 0.259 e. The molecule has 0 bridgehead atoms. The Morgan fingerprint density at radius 1 is 1.62 bits per heavy atom.